The van der Waals surface area contributed by atoms with Gasteiger partial charge in [0.1, 0.15) is 10.7 Å². The van der Waals surface area contributed by atoms with Gasteiger partial charge in [0.05, 0.1) is 16.2 Å². The zero-order valence-corrected chi connectivity index (χ0v) is 16.8. The van der Waals surface area contributed by atoms with Gasteiger partial charge < -0.3 is 4.74 Å². The molecule has 142 valence electrons. The monoisotopic (exact) mass is 417 g/mol. The Hall–Kier alpha value is -3.22. The molecule has 0 saturated carbocycles. The molecule has 1 amide bonds. The Balaban J connectivity index is 1.48. The van der Waals surface area contributed by atoms with Crippen molar-refractivity contribution in [1.29, 1.82) is 0 Å². The van der Waals surface area contributed by atoms with Crippen LogP contribution >= 0.6 is 24.0 Å². The lowest BCUT2D eigenvalue weighted by Crippen LogP contribution is -2.26. The minimum Gasteiger partial charge on any atom is -0.423 e. The van der Waals surface area contributed by atoms with Crippen LogP contribution < -0.4 is 9.64 Å². The first-order valence-corrected chi connectivity index (χ1v) is 10.0. The molecule has 0 spiro atoms. The maximum atomic E-state index is 12.4. The molecule has 1 saturated heterocycles. The number of anilines is 1. The average molecular weight is 418 g/mol. The third-order valence-electron chi connectivity index (χ3n) is 4.21. The van der Waals surface area contributed by atoms with E-state index in [2.05, 4.69) is 0 Å². The molecule has 0 bridgehead atoms. The average Bonchev–Trinajstić information content (AvgIpc) is 3.03. The molecule has 0 radical (unpaired) electrons. The van der Waals surface area contributed by atoms with Crippen molar-refractivity contribution >= 4 is 51.9 Å². The summed E-state index contributed by atoms with van der Waals surface area (Å²) in [5.41, 5.74) is 2.10. The minimum absolute atomic E-state index is 0.124. The summed E-state index contributed by atoms with van der Waals surface area (Å²) in [7, 11) is 0. The lowest BCUT2D eigenvalue weighted by molar-refractivity contribution is 0.0734. The first kappa shape index (κ1) is 19.1. The normalized spacial score (nSPS) is 15.0. The molecule has 1 fully saturated rings. The van der Waals surface area contributed by atoms with Crippen LogP contribution in [0.2, 0.25) is 0 Å². The van der Waals surface area contributed by atoms with Crippen molar-refractivity contribution in [3.05, 3.63) is 101 Å². The molecule has 1 aliphatic heterocycles. The van der Waals surface area contributed by atoms with Crippen molar-refractivity contribution in [3.63, 3.8) is 0 Å². The molecule has 0 unspecified atom stereocenters. The van der Waals surface area contributed by atoms with Crippen molar-refractivity contribution in [1.82, 2.24) is 0 Å². The Kier molecular flexibility index (Phi) is 5.55. The van der Waals surface area contributed by atoms with Gasteiger partial charge in [0.2, 0.25) is 0 Å². The number of carbonyl (C=O) groups is 2. The summed E-state index contributed by atoms with van der Waals surface area (Å²) in [6.07, 6.45) is 1.86. The minimum atomic E-state index is -0.409. The molecule has 3 aromatic carbocycles. The van der Waals surface area contributed by atoms with Gasteiger partial charge in [-0.15, -0.1) is 0 Å². The highest BCUT2D eigenvalue weighted by Crippen LogP contribution is 2.36. The predicted octanol–water partition coefficient (Wildman–Crippen LogP) is 5.95. The van der Waals surface area contributed by atoms with E-state index < -0.39 is 5.97 Å². The third-order valence-corrected chi connectivity index (χ3v) is 5.63. The fraction of sp³-hybridized carbons (Fsp3) is 0. The van der Waals surface area contributed by atoms with Gasteiger partial charge in [-0.3, -0.25) is 9.69 Å². The fourth-order valence-corrected chi connectivity index (χ4v) is 4.07. The molecule has 0 N–H and O–H groups in total. The number of esters is 1. The van der Waals surface area contributed by atoms with Crippen molar-refractivity contribution in [2.75, 3.05) is 4.90 Å². The molecule has 3 aromatic rings. The standard InChI is InChI=1S/C23H15NO3S2/c25-22(17-7-3-1-4-8-17)27-19-13-11-16(12-14-19)15-20-21(28)24(23(26)29-20)18-9-5-2-6-10-18/h1-15H/b20-15+. The van der Waals surface area contributed by atoms with E-state index in [9.17, 15) is 9.59 Å². The Morgan fingerprint density at radius 1 is 0.897 bits per heavy atom. The molecule has 1 heterocycles. The molecule has 0 aliphatic carbocycles. The number of hydrogen-bond acceptors (Lipinski definition) is 5. The van der Waals surface area contributed by atoms with Crippen LogP contribution in [0.15, 0.2) is 89.8 Å². The van der Waals surface area contributed by atoms with E-state index in [0.29, 0.717) is 21.2 Å². The van der Waals surface area contributed by atoms with E-state index >= 15 is 0 Å². The van der Waals surface area contributed by atoms with Crippen molar-refractivity contribution in [3.8, 4) is 5.75 Å². The molecule has 0 aromatic heterocycles. The molecule has 1 aliphatic rings. The summed E-state index contributed by atoms with van der Waals surface area (Å²) < 4.78 is 5.39. The quantitative estimate of drug-likeness (QED) is 0.227. The van der Waals surface area contributed by atoms with Gasteiger partial charge in [-0.2, -0.15) is 0 Å². The van der Waals surface area contributed by atoms with Crippen LogP contribution in [0, 0.1) is 0 Å². The third kappa shape index (κ3) is 4.29. The van der Waals surface area contributed by atoms with E-state index in [1.807, 2.05) is 54.6 Å². The number of carbonyl (C=O) groups excluding carboxylic acids is 2. The van der Waals surface area contributed by atoms with Gasteiger partial charge >= 0.3 is 5.97 Å². The van der Waals surface area contributed by atoms with Gasteiger partial charge in [0, 0.05) is 0 Å². The van der Waals surface area contributed by atoms with Gasteiger partial charge in [-0.1, -0.05) is 60.7 Å². The van der Waals surface area contributed by atoms with E-state index in [1.165, 1.54) is 4.90 Å². The summed E-state index contributed by atoms with van der Waals surface area (Å²) in [6.45, 7) is 0. The van der Waals surface area contributed by atoms with E-state index in [4.69, 9.17) is 17.0 Å². The van der Waals surface area contributed by atoms with Gasteiger partial charge in [-0.25, -0.2) is 4.79 Å². The maximum absolute atomic E-state index is 12.4. The zero-order valence-electron chi connectivity index (χ0n) is 15.1. The van der Waals surface area contributed by atoms with Gasteiger partial charge in [-0.05, 0) is 59.8 Å². The van der Waals surface area contributed by atoms with Crippen molar-refractivity contribution < 1.29 is 14.3 Å². The van der Waals surface area contributed by atoms with Crippen LogP contribution in [0.3, 0.4) is 0 Å². The summed E-state index contributed by atoms with van der Waals surface area (Å²) in [5, 5.41) is -0.124. The summed E-state index contributed by atoms with van der Waals surface area (Å²) in [5.74, 6) is 0.0398. The highest BCUT2D eigenvalue weighted by molar-refractivity contribution is 8.20. The molecule has 4 rings (SSSR count). The van der Waals surface area contributed by atoms with E-state index in [1.54, 1.807) is 36.4 Å². The summed E-state index contributed by atoms with van der Waals surface area (Å²) in [4.78, 5) is 27.2. The smallest absolute Gasteiger partial charge is 0.343 e. The maximum Gasteiger partial charge on any atom is 0.343 e. The highest BCUT2D eigenvalue weighted by atomic mass is 32.2. The van der Waals surface area contributed by atoms with Crippen molar-refractivity contribution in [2.24, 2.45) is 0 Å². The Bertz CT molecular complexity index is 1090. The van der Waals surface area contributed by atoms with Crippen LogP contribution in [0.5, 0.6) is 5.75 Å². The second-order valence-electron chi connectivity index (χ2n) is 6.18. The molecular weight excluding hydrogens is 402 g/mol. The summed E-state index contributed by atoms with van der Waals surface area (Å²) in [6, 6.07) is 25.2. The first-order chi connectivity index (χ1) is 14.1. The Morgan fingerprint density at radius 3 is 2.17 bits per heavy atom. The lowest BCUT2D eigenvalue weighted by Gasteiger charge is -2.14. The molecule has 0 atom stereocenters. The fourth-order valence-electron chi connectivity index (χ4n) is 2.79. The number of amides is 1. The lowest BCUT2D eigenvalue weighted by atomic mass is 10.2. The number of thioether (sulfide) groups is 1. The van der Waals surface area contributed by atoms with Crippen LogP contribution in [0.4, 0.5) is 10.5 Å². The topological polar surface area (TPSA) is 46.6 Å². The second-order valence-corrected chi connectivity index (χ2v) is 7.56. The van der Waals surface area contributed by atoms with Crippen LogP contribution in [0.25, 0.3) is 6.08 Å². The number of para-hydroxylation sites is 1. The number of benzene rings is 3. The Morgan fingerprint density at radius 2 is 1.52 bits per heavy atom. The number of hydrogen-bond donors (Lipinski definition) is 0. The van der Waals surface area contributed by atoms with E-state index in [0.717, 1.165) is 23.0 Å². The second kappa shape index (κ2) is 8.43. The number of ether oxygens (including phenoxy) is 1. The van der Waals surface area contributed by atoms with Crippen LogP contribution in [0.1, 0.15) is 15.9 Å². The molecule has 29 heavy (non-hydrogen) atoms. The molecule has 4 nitrogen and oxygen atoms in total. The highest BCUT2D eigenvalue weighted by Gasteiger charge is 2.32. The van der Waals surface area contributed by atoms with Crippen LogP contribution in [-0.2, 0) is 0 Å². The van der Waals surface area contributed by atoms with Crippen LogP contribution in [-0.4, -0.2) is 16.2 Å². The number of nitrogens with zero attached hydrogens (tertiary/aromatic N) is 1. The SMILES string of the molecule is O=C(Oc1ccc(/C=C2/SC(=O)N(c3ccccc3)C2=S)cc1)c1ccccc1. The van der Waals surface area contributed by atoms with Crippen molar-refractivity contribution in [2.45, 2.75) is 0 Å². The summed E-state index contributed by atoms with van der Waals surface area (Å²) >= 11 is 6.61. The molecule has 6 heteroatoms. The number of thiocarbonyl (C=S) groups is 1. The van der Waals surface area contributed by atoms with E-state index in [-0.39, 0.29) is 5.24 Å². The molecular formula is C23H15NO3S2. The van der Waals surface area contributed by atoms with Gasteiger partial charge in [0.15, 0.2) is 0 Å². The first-order valence-electron chi connectivity index (χ1n) is 8.82. The zero-order chi connectivity index (χ0) is 20.2. The largest absolute Gasteiger partial charge is 0.423 e. The Labute approximate surface area is 177 Å². The van der Waals surface area contributed by atoms with Gasteiger partial charge in [0.25, 0.3) is 5.24 Å². The number of rotatable bonds is 4. The predicted molar refractivity (Wildman–Crippen MR) is 120 cm³/mol.